The van der Waals surface area contributed by atoms with Crippen molar-refractivity contribution >= 4 is 44.9 Å². The van der Waals surface area contributed by atoms with Gasteiger partial charge in [-0.2, -0.15) is 0 Å². The third-order valence-corrected chi connectivity index (χ3v) is 8.84. The van der Waals surface area contributed by atoms with Gasteiger partial charge in [-0.1, -0.05) is 90.6 Å². The molecule has 0 unspecified atom stereocenters. The van der Waals surface area contributed by atoms with Gasteiger partial charge in [0, 0.05) is 21.5 Å². The highest BCUT2D eigenvalue weighted by molar-refractivity contribution is 8.00. The molecule has 3 aromatic carbocycles. The summed E-state index contributed by atoms with van der Waals surface area (Å²) in [6, 6.07) is 30.2. The predicted octanol–water partition coefficient (Wildman–Crippen LogP) is 7.56. The Kier molecular flexibility index (Phi) is 7.02. The van der Waals surface area contributed by atoms with Gasteiger partial charge in [0.2, 0.25) is 5.91 Å². The van der Waals surface area contributed by atoms with Gasteiger partial charge >= 0.3 is 0 Å². The van der Waals surface area contributed by atoms with Crippen LogP contribution in [0.15, 0.2) is 96.0 Å². The number of thiophene rings is 1. The zero-order chi connectivity index (χ0) is 25.0. The van der Waals surface area contributed by atoms with Gasteiger partial charge in [0.15, 0.2) is 5.82 Å². The average molecular weight is 522 g/mol. The van der Waals surface area contributed by atoms with Crippen molar-refractivity contribution in [2.75, 3.05) is 10.7 Å². The fourth-order valence-corrected chi connectivity index (χ4v) is 7.11. The third kappa shape index (κ3) is 5.17. The van der Waals surface area contributed by atoms with Crippen molar-refractivity contribution in [3.63, 3.8) is 0 Å². The molecular weight excluding hydrogens is 494 g/mol. The first kappa shape index (κ1) is 23.9. The summed E-state index contributed by atoms with van der Waals surface area (Å²) in [7, 11) is 0. The minimum Gasteiger partial charge on any atom is -0.307 e. The molecule has 5 aromatic rings. The van der Waals surface area contributed by atoms with Crippen LogP contribution in [0, 0.1) is 0 Å². The molecule has 0 fully saturated rings. The SMILES string of the molecule is O=C(CSc1nc(-c2ccccc2)nc2sc3c(c12)CCCC3)N(Cc1ccccc1)c1ccccc1. The molecule has 0 aliphatic heterocycles. The molecule has 1 aliphatic carbocycles. The fourth-order valence-electron chi connectivity index (χ4n) is 4.85. The molecular formula is C31H27N3OS2. The lowest BCUT2D eigenvalue weighted by molar-refractivity contribution is -0.116. The van der Waals surface area contributed by atoms with E-state index in [1.807, 2.05) is 83.8 Å². The first-order valence-corrected chi connectivity index (χ1v) is 14.5. The quantitative estimate of drug-likeness (QED) is 0.164. The van der Waals surface area contributed by atoms with Gasteiger partial charge in [-0.15, -0.1) is 11.3 Å². The summed E-state index contributed by atoms with van der Waals surface area (Å²) in [4.78, 5) is 28.1. The van der Waals surface area contributed by atoms with Crippen molar-refractivity contribution in [2.24, 2.45) is 0 Å². The number of nitrogens with zero attached hydrogens (tertiary/aromatic N) is 3. The van der Waals surface area contributed by atoms with Crippen molar-refractivity contribution in [1.82, 2.24) is 9.97 Å². The Bertz CT molecular complexity index is 1520. The smallest absolute Gasteiger partial charge is 0.237 e. The number of hydrogen-bond acceptors (Lipinski definition) is 5. The van der Waals surface area contributed by atoms with Crippen molar-refractivity contribution in [1.29, 1.82) is 0 Å². The lowest BCUT2D eigenvalue weighted by Gasteiger charge is -2.23. The number of anilines is 1. The number of aryl methyl sites for hydroxylation is 2. The molecule has 0 saturated heterocycles. The van der Waals surface area contributed by atoms with Gasteiger partial charge in [0.25, 0.3) is 0 Å². The molecule has 0 N–H and O–H groups in total. The summed E-state index contributed by atoms with van der Waals surface area (Å²) in [5.41, 5.74) is 4.40. The molecule has 4 nitrogen and oxygen atoms in total. The molecule has 0 atom stereocenters. The summed E-state index contributed by atoms with van der Waals surface area (Å²) >= 11 is 3.34. The van der Waals surface area contributed by atoms with Crippen LogP contribution in [0.1, 0.15) is 28.8 Å². The van der Waals surface area contributed by atoms with Crippen LogP contribution in [0.25, 0.3) is 21.6 Å². The normalized spacial score (nSPS) is 12.9. The van der Waals surface area contributed by atoms with E-state index >= 15 is 0 Å². The molecule has 37 heavy (non-hydrogen) atoms. The molecule has 2 heterocycles. The number of aromatic nitrogens is 2. The molecule has 0 spiro atoms. The van der Waals surface area contributed by atoms with Crippen LogP contribution in [0.5, 0.6) is 0 Å². The van der Waals surface area contributed by atoms with Gasteiger partial charge in [-0.3, -0.25) is 4.79 Å². The maximum atomic E-state index is 13.7. The van der Waals surface area contributed by atoms with Gasteiger partial charge in [-0.25, -0.2) is 9.97 Å². The Morgan fingerprint density at radius 2 is 1.51 bits per heavy atom. The summed E-state index contributed by atoms with van der Waals surface area (Å²) < 4.78 is 0. The number of rotatable bonds is 7. The summed E-state index contributed by atoms with van der Waals surface area (Å²) in [5.74, 6) is 1.11. The third-order valence-electron chi connectivity index (χ3n) is 6.70. The highest BCUT2D eigenvalue weighted by Crippen LogP contribution is 2.40. The van der Waals surface area contributed by atoms with Crippen molar-refractivity contribution < 1.29 is 4.79 Å². The van der Waals surface area contributed by atoms with Crippen LogP contribution in [0.3, 0.4) is 0 Å². The first-order chi connectivity index (χ1) is 18.3. The van der Waals surface area contributed by atoms with E-state index in [1.165, 1.54) is 23.3 Å². The number of amides is 1. The Balaban J connectivity index is 1.34. The minimum absolute atomic E-state index is 0.0668. The Morgan fingerprint density at radius 1 is 0.838 bits per heavy atom. The number of hydrogen-bond donors (Lipinski definition) is 0. The number of para-hydroxylation sites is 1. The maximum absolute atomic E-state index is 13.7. The zero-order valence-corrected chi connectivity index (χ0v) is 22.1. The lowest BCUT2D eigenvalue weighted by atomic mass is 9.97. The van der Waals surface area contributed by atoms with E-state index in [2.05, 4.69) is 12.1 Å². The predicted molar refractivity (Wildman–Crippen MR) is 154 cm³/mol. The Labute approximate surface area is 225 Å². The Morgan fingerprint density at radius 3 is 2.27 bits per heavy atom. The van der Waals surface area contributed by atoms with E-state index in [1.54, 1.807) is 23.1 Å². The van der Waals surface area contributed by atoms with Gasteiger partial charge in [-0.05, 0) is 48.9 Å². The molecule has 6 heteroatoms. The van der Waals surface area contributed by atoms with Crippen LogP contribution < -0.4 is 4.90 Å². The zero-order valence-electron chi connectivity index (χ0n) is 20.5. The van der Waals surface area contributed by atoms with Crippen molar-refractivity contribution in [3.05, 3.63) is 107 Å². The summed E-state index contributed by atoms with van der Waals surface area (Å²) in [6.45, 7) is 0.534. The average Bonchev–Trinajstić information content (AvgIpc) is 3.35. The van der Waals surface area contributed by atoms with Crippen LogP contribution >= 0.6 is 23.1 Å². The van der Waals surface area contributed by atoms with Crippen LogP contribution in [0.2, 0.25) is 0 Å². The number of fused-ring (bicyclic) bond motifs is 3. The number of carbonyl (C=O) groups excluding carboxylic acids is 1. The summed E-state index contributed by atoms with van der Waals surface area (Å²) in [6.07, 6.45) is 4.60. The van der Waals surface area contributed by atoms with E-state index < -0.39 is 0 Å². The number of carbonyl (C=O) groups is 1. The molecule has 0 bridgehead atoms. The maximum Gasteiger partial charge on any atom is 0.237 e. The number of thioether (sulfide) groups is 1. The van der Waals surface area contributed by atoms with E-state index in [4.69, 9.17) is 9.97 Å². The van der Waals surface area contributed by atoms with Crippen LogP contribution in [-0.2, 0) is 24.2 Å². The molecule has 0 radical (unpaired) electrons. The second-order valence-corrected chi connectivity index (χ2v) is 11.2. The largest absolute Gasteiger partial charge is 0.307 e. The fraction of sp³-hybridized carbons (Fsp3) is 0.194. The topological polar surface area (TPSA) is 46.1 Å². The van der Waals surface area contributed by atoms with E-state index in [0.717, 1.165) is 50.7 Å². The lowest BCUT2D eigenvalue weighted by Crippen LogP contribution is -2.31. The van der Waals surface area contributed by atoms with Crippen molar-refractivity contribution in [3.8, 4) is 11.4 Å². The van der Waals surface area contributed by atoms with E-state index in [-0.39, 0.29) is 5.91 Å². The highest BCUT2D eigenvalue weighted by Gasteiger charge is 2.23. The molecule has 1 aliphatic rings. The number of benzene rings is 3. The molecule has 2 aromatic heterocycles. The Hall–Kier alpha value is -3.48. The van der Waals surface area contributed by atoms with E-state index in [0.29, 0.717) is 12.3 Å². The standard InChI is InChI=1S/C31H27N3OS2/c35-27(34(24-16-8-3-9-17-24)20-22-12-4-1-5-13-22)21-36-30-28-25-18-10-11-19-26(25)37-31(28)33-29(32-30)23-14-6-2-7-15-23/h1-9,12-17H,10-11,18-21H2. The first-order valence-electron chi connectivity index (χ1n) is 12.7. The molecule has 1 amide bonds. The van der Waals surface area contributed by atoms with Crippen LogP contribution in [-0.4, -0.2) is 21.6 Å². The second kappa shape index (κ2) is 10.9. The van der Waals surface area contributed by atoms with Gasteiger partial charge in [0.1, 0.15) is 9.86 Å². The monoisotopic (exact) mass is 521 g/mol. The summed E-state index contributed by atoms with van der Waals surface area (Å²) in [5, 5.41) is 2.08. The highest BCUT2D eigenvalue weighted by atomic mass is 32.2. The molecule has 6 rings (SSSR count). The van der Waals surface area contributed by atoms with E-state index in [9.17, 15) is 4.79 Å². The molecule has 184 valence electrons. The van der Waals surface area contributed by atoms with Gasteiger partial charge < -0.3 is 4.90 Å². The minimum atomic E-state index is 0.0668. The van der Waals surface area contributed by atoms with Crippen molar-refractivity contribution in [2.45, 2.75) is 37.3 Å². The molecule has 0 saturated carbocycles. The second-order valence-electron chi connectivity index (χ2n) is 9.20. The van der Waals surface area contributed by atoms with Crippen LogP contribution in [0.4, 0.5) is 5.69 Å². The van der Waals surface area contributed by atoms with Gasteiger partial charge in [0.05, 0.1) is 12.3 Å².